The molecule has 1 N–H and O–H groups in total. The zero-order valence-corrected chi connectivity index (χ0v) is 17.9. The van der Waals surface area contributed by atoms with Crippen molar-refractivity contribution in [3.63, 3.8) is 0 Å². The first-order chi connectivity index (χ1) is 13.1. The molecule has 0 spiro atoms. The SMILES string of the molecule is CC/C=C\C/C=C\C/C=C\CCCCCCCCOC(CC)(CC)C(=O)O. The van der Waals surface area contributed by atoms with E-state index in [-0.39, 0.29) is 0 Å². The summed E-state index contributed by atoms with van der Waals surface area (Å²) >= 11 is 0. The smallest absolute Gasteiger partial charge is 0.335 e. The molecule has 27 heavy (non-hydrogen) atoms. The maximum atomic E-state index is 11.3. The largest absolute Gasteiger partial charge is 0.479 e. The van der Waals surface area contributed by atoms with Crippen LogP contribution >= 0.6 is 0 Å². The Bertz CT molecular complexity index is 431. The van der Waals surface area contributed by atoms with Crippen LogP contribution in [0, 0.1) is 0 Å². The zero-order chi connectivity index (χ0) is 20.2. The van der Waals surface area contributed by atoms with Gasteiger partial charge in [0.25, 0.3) is 0 Å². The summed E-state index contributed by atoms with van der Waals surface area (Å²) in [4.78, 5) is 11.3. The van der Waals surface area contributed by atoms with Crippen LogP contribution in [0.2, 0.25) is 0 Å². The van der Waals surface area contributed by atoms with Gasteiger partial charge in [0.05, 0.1) is 0 Å². The lowest BCUT2D eigenvalue weighted by molar-refractivity contribution is -0.167. The maximum absolute atomic E-state index is 11.3. The number of allylic oxidation sites excluding steroid dienone is 6. The van der Waals surface area contributed by atoms with Gasteiger partial charge in [0, 0.05) is 6.61 Å². The van der Waals surface area contributed by atoms with Crippen LogP contribution in [0.1, 0.15) is 97.8 Å². The summed E-state index contributed by atoms with van der Waals surface area (Å²) in [6.07, 6.45) is 25.9. The Balaban J connectivity index is 3.51. The van der Waals surface area contributed by atoms with Crippen LogP contribution in [-0.4, -0.2) is 23.3 Å². The Labute approximate surface area is 167 Å². The lowest BCUT2D eigenvalue weighted by atomic mass is 9.97. The Morgan fingerprint density at radius 1 is 0.778 bits per heavy atom. The second kappa shape index (κ2) is 18.0. The van der Waals surface area contributed by atoms with Crippen LogP contribution in [0.25, 0.3) is 0 Å². The number of carboxylic acid groups (broad SMARTS) is 1. The minimum atomic E-state index is -0.978. The molecule has 0 aromatic carbocycles. The minimum Gasteiger partial charge on any atom is -0.479 e. The lowest BCUT2D eigenvalue weighted by Crippen LogP contribution is -2.40. The zero-order valence-electron chi connectivity index (χ0n) is 17.9. The van der Waals surface area contributed by atoms with Crippen molar-refractivity contribution >= 4 is 5.97 Å². The van der Waals surface area contributed by atoms with E-state index in [1.165, 1.54) is 32.1 Å². The molecule has 0 aromatic heterocycles. The molecule has 0 aliphatic rings. The Hall–Kier alpha value is -1.35. The molecule has 0 unspecified atom stereocenters. The van der Waals surface area contributed by atoms with Gasteiger partial charge in [-0.1, -0.05) is 82.9 Å². The van der Waals surface area contributed by atoms with Crippen LogP contribution in [0.5, 0.6) is 0 Å². The van der Waals surface area contributed by atoms with Crippen molar-refractivity contribution in [2.24, 2.45) is 0 Å². The summed E-state index contributed by atoms with van der Waals surface area (Å²) < 4.78 is 5.69. The minimum absolute atomic E-state index is 0.526. The summed E-state index contributed by atoms with van der Waals surface area (Å²) in [5.41, 5.74) is -0.978. The number of hydrogen-bond donors (Lipinski definition) is 1. The van der Waals surface area contributed by atoms with E-state index in [0.717, 1.165) is 32.1 Å². The van der Waals surface area contributed by atoms with Crippen molar-refractivity contribution in [1.29, 1.82) is 0 Å². The molecule has 0 rings (SSSR count). The number of hydrogen-bond acceptors (Lipinski definition) is 2. The van der Waals surface area contributed by atoms with Gasteiger partial charge in [-0.3, -0.25) is 0 Å². The van der Waals surface area contributed by atoms with E-state index in [4.69, 9.17) is 4.74 Å². The summed E-state index contributed by atoms with van der Waals surface area (Å²) in [5.74, 6) is -0.829. The van der Waals surface area contributed by atoms with Gasteiger partial charge in [-0.25, -0.2) is 4.79 Å². The van der Waals surface area contributed by atoms with Gasteiger partial charge in [-0.15, -0.1) is 0 Å². The Kier molecular flexibility index (Phi) is 17.1. The monoisotopic (exact) mass is 378 g/mol. The van der Waals surface area contributed by atoms with Crippen LogP contribution < -0.4 is 0 Å². The number of unbranched alkanes of at least 4 members (excludes halogenated alkanes) is 6. The standard InChI is InChI=1S/C24H42O3/c1-4-7-8-9-10-11-12-13-14-15-16-17-18-19-20-21-22-27-24(5-2,6-3)23(25)26/h7-8,10-11,13-14H,4-6,9,12,15-22H2,1-3H3,(H,25,26)/b8-7-,11-10-,14-13-. The Morgan fingerprint density at radius 2 is 1.30 bits per heavy atom. The quantitative estimate of drug-likeness (QED) is 0.202. The molecule has 0 fully saturated rings. The van der Waals surface area contributed by atoms with Gasteiger partial charge < -0.3 is 9.84 Å². The first-order valence-electron chi connectivity index (χ1n) is 10.9. The molecular formula is C24H42O3. The predicted octanol–water partition coefficient (Wildman–Crippen LogP) is 7.24. The highest BCUT2D eigenvalue weighted by atomic mass is 16.5. The number of carbonyl (C=O) groups is 1. The van der Waals surface area contributed by atoms with E-state index in [9.17, 15) is 9.90 Å². The molecule has 3 heteroatoms. The maximum Gasteiger partial charge on any atom is 0.335 e. The highest BCUT2D eigenvalue weighted by Crippen LogP contribution is 2.21. The van der Waals surface area contributed by atoms with Crippen LogP contribution in [-0.2, 0) is 9.53 Å². The van der Waals surface area contributed by atoms with E-state index in [1.807, 2.05) is 13.8 Å². The fraction of sp³-hybridized carbons (Fsp3) is 0.708. The van der Waals surface area contributed by atoms with Crippen LogP contribution in [0.3, 0.4) is 0 Å². The number of rotatable bonds is 18. The van der Waals surface area contributed by atoms with Crippen LogP contribution in [0.4, 0.5) is 0 Å². The topological polar surface area (TPSA) is 46.5 Å². The molecule has 0 aromatic rings. The fourth-order valence-electron chi connectivity index (χ4n) is 2.98. The first-order valence-corrected chi connectivity index (χ1v) is 10.9. The van der Waals surface area contributed by atoms with Gasteiger partial charge in [0.1, 0.15) is 0 Å². The number of ether oxygens (including phenoxy) is 1. The molecule has 0 aliphatic heterocycles. The third-order valence-electron chi connectivity index (χ3n) is 4.96. The molecule has 0 saturated carbocycles. The summed E-state index contributed by atoms with van der Waals surface area (Å²) in [6.45, 7) is 6.47. The van der Waals surface area contributed by atoms with Gasteiger partial charge in [-0.2, -0.15) is 0 Å². The van der Waals surface area contributed by atoms with Crippen molar-refractivity contribution < 1.29 is 14.6 Å². The predicted molar refractivity (Wildman–Crippen MR) is 116 cm³/mol. The van der Waals surface area contributed by atoms with Crippen LogP contribution in [0.15, 0.2) is 36.5 Å². The third kappa shape index (κ3) is 13.5. The van der Waals surface area contributed by atoms with Crippen molar-refractivity contribution in [2.75, 3.05) is 6.61 Å². The fourth-order valence-corrected chi connectivity index (χ4v) is 2.98. The second-order valence-corrected chi connectivity index (χ2v) is 7.06. The molecule has 0 saturated heterocycles. The molecule has 0 atom stereocenters. The highest BCUT2D eigenvalue weighted by molar-refractivity contribution is 5.77. The summed E-state index contributed by atoms with van der Waals surface area (Å²) in [6, 6.07) is 0. The summed E-state index contributed by atoms with van der Waals surface area (Å²) in [5, 5.41) is 9.32. The summed E-state index contributed by atoms with van der Waals surface area (Å²) in [7, 11) is 0. The van der Waals surface area contributed by atoms with Crippen molar-refractivity contribution in [2.45, 2.75) is 103 Å². The van der Waals surface area contributed by atoms with Gasteiger partial charge >= 0.3 is 5.97 Å². The molecule has 0 heterocycles. The van der Waals surface area contributed by atoms with E-state index in [1.54, 1.807) is 0 Å². The molecular weight excluding hydrogens is 336 g/mol. The van der Waals surface area contributed by atoms with E-state index in [2.05, 4.69) is 43.4 Å². The van der Waals surface area contributed by atoms with E-state index < -0.39 is 11.6 Å². The van der Waals surface area contributed by atoms with Gasteiger partial charge in [-0.05, 0) is 51.4 Å². The molecule has 0 aliphatic carbocycles. The number of carboxylic acids is 1. The van der Waals surface area contributed by atoms with E-state index in [0.29, 0.717) is 19.4 Å². The average molecular weight is 379 g/mol. The average Bonchev–Trinajstić information content (AvgIpc) is 2.67. The molecule has 0 radical (unpaired) electrons. The third-order valence-corrected chi connectivity index (χ3v) is 4.96. The Morgan fingerprint density at radius 3 is 1.85 bits per heavy atom. The van der Waals surface area contributed by atoms with E-state index >= 15 is 0 Å². The van der Waals surface area contributed by atoms with Gasteiger partial charge in [0.15, 0.2) is 5.60 Å². The van der Waals surface area contributed by atoms with Crippen molar-refractivity contribution in [1.82, 2.24) is 0 Å². The normalized spacial score (nSPS) is 12.7. The highest BCUT2D eigenvalue weighted by Gasteiger charge is 2.35. The molecule has 0 bridgehead atoms. The molecule has 0 amide bonds. The van der Waals surface area contributed by atoms with Crippen molar-refractivity contribution in [3.05, 3.63) is 36.5 Å². The van der Waals surface area contributed by atoms with Crippen molar-refractivity contribution in [3.8, 4) is 0 Å². The molecule has 156 valence electrons. The second-order valence-electron chi connectivity index (χ2n) is 7.06. The molecule has 3 nitrogen and oxygen atoms in total. The van der Waals surface area contributed by atoms with Gasteiger partial charge in [0.2, 0.25) is 0 Å². The number of aliphatic carboxylic acids is 1. The lowest BCUT2D eigenvalue weighted by Gasteiger charge is -2.27. The first kappa shape index (κ1) is 25.6.